The molecule has 3 unspecified atom stereocenters. The Hall–Kier alpha value is -3.86. The second-order valence-corrected chi connectivity index (χ2v) is 13.6. The molecule has 3 saturated heterocycles. The van der Waals surface area contributed by atoms with Crippen molar-refractivity contribution in [3.63, 3.8) is 0 Å². The summed E-state index contributed by atoms with van der Waals surface area (Å²) in [5.41, 5.74) is 8.23. The lowest BCUT2D eigenvalue weighted by atomic mass is 9.77. The third-order valence-corrected chi connectivity index (χ3v) is 9.92. The van der Waals surface area contributed by atoms with Crippen LogP contribution >= 0.6 is 7.82 Å². The first-order valence-electron chi connectivity index (χ1n) is 16.0. The molecule has 1 aliphatic carbocycles. The van der Waals surface area contributed by atoms with E-state index in [2.05, 4.69) is 27.3 Å². The van der Waals surface area contributed by atoms with Crippen LogP contribution in [0.2, 0.25) is 0 Å². The molecule has 16 nitrogen and oxygen atoms in total. The van der Waals surface area contributed by atoms with Crippen LogP contribution in [0, 0.1) is 11.8 Å². The van der Waals surface area contributed by atoms with E-state index in [0.717, 1.165) is 31.4 Å². The second kappa shape index (κ2) is 16.2. The van der Waals surface area contributed by atoms with Crippen molar-refractivity contribution >= 4 is 25.7 Å². The number of phosphoric ester groups is 1. The molecule has 2 aromatic carbocycles. The zero-order valence-corrected chi connectivity index (χ0v) is 28.9. The van der Waals surface area contributed by atoms with Gasteiger partial charge in [-0.25, -0.2) is 14.8 Å². The van der Waals surface area contributed by atoms with Crippen molar-refractivity contribution in [2.24, 2.45) is 11.8 Å². The maximum absolute atomic E-state index is 14.3. The number of nitrogens with one attached hydrogen (secondary N) is 3. The number of quaternary nitrogens is 2. The van der Waals surface area contributed by atoms with Gasteiger partial charge in [-0.05, 0) is 47.9 Å². The fourth-order valence-electron chi connectivity index (χ4n) is 7.41. The van der Waals surface area contributed by atoms with Gasteiger partial charge in [0.15, 0.2) is 0 Å². The lowest BCUT2D eigenvalue weighted by molar-refractivity contribution is -0.333. The molecule has 4 amide bonds. The predicted molar refractivity (Wildman–Crippen MR) is 179 cm³/mol. The second-order valence-electron chi connectivity index (χ2n) is 12.6. The van der Waals surface area contributed by atoms with Gasteiger partial charge in [0.25, 0.3) is 0 Å². The number of carbonyl (C=O) groups is 3. The van der Waals surface area contributed by atoms with Crippen LogP contribution in [0.5, 0.6) is 5.75 Å². The van der Waals surface area contributed by atoms with Gasteiger partial charge in [0.1, 0.15) is 25.8 Å². The molecular formula is C32H48N9O7P. The molecule has 2 aromatic rings. The van der Waals surface area contributed by atoms with Gasteiger partial charge in [-0.3, -0.25) is 20.4 Å². The molecule has 4 fully saturated rings. The summed E-state index contributed by atoms with van der Waals surface area (Å²) in [6.07, 6.45) is 4.09. The van der Waals surface area contributed by atoms with E-state index in [1.165, 1.54) is 17.0 Å². The average Bonchev–Trinajstić information content (AvgIpc) is 3.53. The quantitative estimate of drug-likeness (QED) is 0.174. The molecule has 4 aliphatic rings. The number of hydrazine groups is 2. The van der Waals surface area contributed by atoms with Gasteiger partial charge in [0, 0.05) is 38.6 Å². The van der Waals surface area contributed by atoms with E-state index in [4.69, 9.17) is 0 Å². The highest BCUT2D eigenvalue weighted by atomic mass is 31.2. The van der Waals surface area contributed by atoms with Gasteiger partial charge >= 0.3 is 6.03 Å². The first-order valence-corrected chi connectivity index (χ1v) is 17.4. The van der Waals surface area contributed by atoms with E-state index in [1.807, 2.05) is 30.3 Å². The molecule has 268 valence electrons. The number of piperazine rings is 1. The number of urea groups is 1. The highest BCUT2D eigenvalue weighted by Crippen LogP contribution is 2.35. The van der Waals surface area contributed by atoms with Crippen molar-refractivity contribution in [3.05, 3.63) is 78.4 Å². The molecule has 1 saturated carbocycles. The summed E-state index contributed by atoms with van der Waals surface area (Å²) in [7, 11) is -5.24. The van der Waals surface area contributed by atoms with Gasteiger partial charge < -0.3 is 46.3 Å². The lowest BCUT2D eigenvalue weighted by Crippen LogP contribution is -2.77. The van der Waals surface area contributed by atoms with Gasteiger partial charge in [-0.2, -0.15) is 0 Å². The topological polar surface area (TPSA) is 246 Å². The normalized spacial score (nSPS) is 25.4. The summed E-state index contributed by atoms with van der Waals surface area (Å²) in [4.78, 5) is 67.7. The first-order chi connectivity index (χ1) is 22.6. The molecule has 0 bridgehead atoms. The monoisotopic (exact) mass is 701 g/mol. The lowest BCUT2D eigenvalue weighted by Gasteiger charge is -2.55. The molecule has 5 atom stereocenters. The number of hydrogen-bond acceptors (Lipinski definition) is 10. The summed E-state index contributed by atoms with van der Waals surface area (Å²) >= 11 is 0. The summed E-state index contributed by atoms with van der Waals surface area (Å²) < 4.78 is 15.6. The Labute approximate surface area is 286 Å². The molecule has 17 heteroatoms. The smallest absolute Gasteiger partial charge is 0.334 e. The van der Waals surface area contributed by atoms with E-state index in [9.17, 15) is 28.7 Å². The van der Waals surface area contributed by atoms with Crippen LogP contribution in [0.15, 0.2) is 67.3 Å². The number of hydrogen-bond donors (Lipinski definition) is 5. The summed E-state index contributed by atoms with van der Waals surface area (Å²) in [6, 6.07) is 14.2. The number of benzene rings is 2. The number of carbonyl (C=O) groups excluding carboxylic acids is 3. The van der Waals surface area contributed by atoms with Crippen LogP contribution in [0.3, 0.4) is 0 Å². The zero-order chi connectivity index (χ0) is 33.1. The summed E-state index contributed by atoms with van der Waals surface area (Å²) in [6.45, 7) is 5.74. The minimum absolute atomic E-state index is 0. The largest absolute Gasteiger partial charge is 0.780 e. The Morgan fingerprint density at radius 3 is 2.49 bits per heavy atom. The highest BCUT2D eigenvalue weighted by molar-refractivity contribution is 7.43. The SMILES string of the molecule is C=CCN1CC(=O)N2[C@@H](Cc3ccc(OP(=O)([O-])[O-])cc3)C(=O)N(CC3CCCC4CNNC43)C[C@@H]2N1C(=O)NCc1ccccc1.[NH4+].[NH4+]. The van der Waals surface area contributed by atoms with E-state index in [-0.39, 0.29) is 74.4 Å². The molecule has 6 rings (SSSR count). The van der Waals surface area contributed by atoms with Crippen molar-refractivity contribution in [1.82, 2.24) is 48.3 Å². The maximum Gasteiger partial charge on any atom is 0.334 e. The number of phosphoric acid groups is 1. The van der Waals surface area contributed by atoms with Gasteiger partial charge in [0.2, 0.25) is 11.8 Å². The van der Waals surface area contributed by atoms with E-state index in [1.54, 1.807) is 33.1 Å². The Bertz CT molecular complexity index is 1510. The minimum Gasteiger partial charge on any atom is -0.780 e. The van der Waals surface area contributed by atoms with E-state index >= 15 is 0 Å². The Balaban J connectivity index is 0.00000270. The fourth-order valence-corrected chi connectivity index (χ4v) is 7.79. The molecule has 0 aromatic heterocycles. The van der Waals surface area contributed by atoms with E-state index < -0.39 is 26.1 Å². The van der Waals surface area contributed by atoms with Crippen LogP contribution < -0.4 is 42.8 Å². The first kappa shape index (κ1) is 38.0. The molecule has 0 radical (unpaired) electrons. The third-order valence-electron chi connectivity index (χ3n) is 9.49. The van der Waals surface area contributed by atoms with Crippen molar-refractivity contribution < 1.29 is 33.3 Å². The Morgan fingerprint density at radius 2 is 1.80 bits per heavy atom. The summed E-state index contributed by atoms with van der Waals surface area (Å²) in [5.74, 6) is 0.0137. The third kappa shape index (κ3) is 8.66. The molecule has 0 spiro atoms. The number of amides is 4. The number of rotatable bonds is 10. The fraction of sp³-hybridized carbons (Fsp3) is 0.469. The average molecular weight is 702 g/mol. The molecule has 3 aliphatic heterocycles. The van der Waals surface area contributed by atoms with Crippen molar-refractivity contribution in [1.29, 1.82) is 0 Å². The molecule has 11 N–H and O–H groups in total. The highest BCUT2D eigenvalue weighted by Gasteiger charge is 2.52. The summed E-state index contributed by atoms with van der Waals surface area (Å²) in [5, 5.41) is 6.21. The molecular weight excluding hydrogens is 653 g/mol. The van der Waals surface area contributed by atoms with Crippen LogP contribution in [0.4, 0.5) is 4.79 Å². The molecule has 3 heterocycles. The zero-order valence-electron chi connectivity index (χ0n) is 28.0. The van der Waals surface area contributed by atoms with Crippen LogP contribution in [0.1, 0.15) is 30.4 Å². The van der Waals surface area contributed by atoms with Gasteiger partial charge in [0.05, 0.1) is 13.1 Å². The maximum atomic E-state index is 14.3. The Morgan fingerprint density at radius 1 is 1.06 bits per heavy atom. The standard InChI is InChI=1S/C32H42N7O7P.2H3N/c1-2-15-37-21-29(40)38-27(16-22-11-13-26(14-12-22)46-47(43,44)45)31(41)36(19-25-10-6-9-24-18-34-35-30(24)25)20-28(38)39(37)32(42)33-17-23-7-4-3-5-8-23;;/h2-5,7-8,11-14,24-25,27-28,30,34-35H,1,6,9-10,15-21H2,(H,33,42)(H2,43,44,45);2*1H3/t24?,25?,27-,28-,30?;;/m0../s1. The van der Waals surface area contributed by atoms with Gasteiger partial charge in [-0.1, -0.05) is 55.0 Å². The number of nitrogens with zero attached hydrogens (tertiary/aromatic N) is 4. The van der Waals surface area contributed by atoms with Crippen molar-refractivity contribution in [2.45, 2.75) is 50.5 Å². The van der Waals surface area contributed by atoms with Crippen molar-refractivity contribution in [3.8, 4) is 5.75 Å². The van der Waals surface area contributed by atoms with E-state index in [0.29, 0.717) is 18.0 Å². The van der Waals surface area contributed by atoms with Crippen LogP contribution in [-0.4, -0.2) is 88.6 Å². The van der Waals surface area contributed by atoms with Crippen LogP contribution in [-0.2, 0) is 27.1 Å². The molecule has 49 heavy (non-hydrogen) atoms. The number of fused-ring (bicyclic) bond motifs is 2. The Kier molecular flexibility index (Phi) is 12.6. The predicted octanol–water partition coefficient (Wildman–Crippen LogP) is 1.08. The minimum atomic E-state index is -5.24. The van der Waals surface area contributed by atoms with Gasteiger partial charge in [-0.15, -0.1) is 6.58 Å². The van der Waals surface area contributed by atoms with Crippen LogP contribution in [0.25, 0.3) is 0 Å². The van der Waals surface area contributed by atoms with Crippen molar-refractivity contribution in [2.75, 3.05) is 32.7 Å².